The molecule has 62 valence electrons. The first-order valence-corrected chi connectivity index (χ1v) is 3.98. The van der Waals surface area contributed by atoms with Gasteiger partial charge in [-0.25, -0.2) is 4.79 Å². The predicted octanol–water partition coefficient (Wildman–Crippen LogP) is 0.254. The van der Waals surface area contributed by atoms with Crippen LogP contribution in [0.2, 0.25) is 0 Å². The SMILES string of the molecule is CCCN1CNC(=O)NC1=S. The summed E-state index contributed by atoms with van der Waals surface area (Å²) in [5.41, 5.74) is 0. The summed E-state index contributed by atoms with van der Waals surface area (Å²) in [7, 11) is 0. The third kappa shape index (κ3) is 2.04. The molecular formula is C6H11N3OS. The number of hydrogen-bond donors (Lipinski definition) is 2. The van der Waals surface area contributed by atoms with Gasteiger partial charge in [-0.2, -0.15) is 0 Å². The highest BCUT2D eigenvalue weighted by Gasteiger charge is 2.16. The van der Waals surface area contributed by atoms with Gasteiger partial charge in [0.1, 0.15) is 0 Å². The highest BCUT2D eigenvalue weighted by Crippen LogP contribution is 1.94. The Hall–Kier alpha value is -0.840. The fraction of sp³-hybridized carbons (Fsp3) is 0.667. The fourth-order valence-electron chi connectivity index (χ4n) is 0.910. The van der Waals surface area contributed by atoms with Gasteiger partial charge in [-0.15, -0.1) is 0 Å². The van der Waals surface area contributed by atoms with Crippen molar-refractivity contribution in [3.8, 4) is 0 Å². The number of urea groups is 1. The Morgan fingerprint density at radius 2 is 2.45 bits per heavy atom. The van der Waals surface area contributed by atoms with Crippen LogP contribution in [0.4, 0.5) is 4.79 Å². The third-order valence-electron chi connectivity index (χ3n) is 1.43. The Kier molecular flexibility index (Phi) is 2.64. The predicted molar refractivity (Wildman–Crippen MR) is 46.1 cm³/mol. The normalized spacial score (nSPS) is 17.7. The van der Waals surface area contributed by atoms with E-state index < -0.39 is 0 Å². The zero-order valence-corrected chi connectivity index (χ0v) is 7.20. The molecule has 0 unspecified atom stereocenters. The molecule has 1 aliphatic heterocycles. The maximum Gasteiger partial charge on any atom is 0.322 e. The van der Waals surface area contributed by atoms with Crippen molar-refractivity contribution in [1.29, 1.82) is 0 Å². The summed E-state index contributed by atoms with van der Waals surface area (Å²) < 4.78 is 0. The number of amides is 2. The molecule has 5 heteroatoms. The van der Waals surface area contributed by atoms with E-state index in [2.05, 4.69) is 17.6 Å². The van der Waals surface area contributed by atoms with Gasteiger partial charge >= 0.3 is 6.03 Å². The van der Waals surface area contributed by atoms with Crippen LogP contribution in [0.3, 0.4) is 0 Å². The summed E-state index contributed by atoms with van der Waals surface area (Å²) in [6, 6.07) is -0.206. The minimum absolute atomic E-state index is 0.206. The zero-order chi connectivity index (χ0) is 8.27. The number of carbonyl (C=O) groups excluding carboxylic acids is 1. The molecule has 0 bridgehead atoms. The molecule has 0 spiro atoms. The van der Waals surface area contributed by atoms with Crippen LogP contribution in [0.1, 0.15) is 13.3 Å². The second-order valence-electron chi connectivity index (χ2n) is 2.36. The molecule has 2 N–H and O–H groups in total. The van der Waals surface area contributed by atoms with Crippen molar-refractivity contribution in [2.75, 3.05) is 13.2 Å². The minimum Gasteiger partial charge on any atom is -0.331 e. The molecule has 11 heavy (non-hydrogen) atoms. The van der Waals surface area contributed by atoms with Crippen molar-refractivity contribution in [1.82, 2.24) is 15.5 Å². The summed E-state index contributed by atoms with van der Waals surface area (Å²) in [5, 5.41) is 5.68. The van der Waals surface area contributed by atoms with Gasteiger partial charge in [-0.05, 0) is 18.6 Å². The van der Waals surface area contributed by atoms with Crippen LogP contribution in [-0.2, 0) is 0 Å². The van der Waals surface area contributed by atoms with Crippen molar-refractivity contribution in [3.63, 3.8) is 0 Å². The Balaban J connectivity index is 2.44. The molecule has 1 fully saturated rings. The lowest BCUT2D eigenvalue weighted by molar-refractivity contribution is 0.231. The van der Waals surface area contributed by atoms with E-state index in [4.69, 9.17) is 12.2 Å². The van der Waals surface area contributed by atoms with Crippen LogP contribution in [0, 0.1) is 0 Å². The molecule has 0 atom stereocenters. The quantitative estimate of drug-likeness (QED) is 0.588. The second-order valence-corrected chi connectivity index (χ2v) is 2.74. The van der Waals surface area contributed by atoms with Gasteiger partial charge in [0.2, 0.25) is 0 Å². The van der Waals surface area contributed by atoms with Gasteiger partial charge in [-0.1, -0.05) is 6.92 Å². The topological polar surface area (TPSA) is 44.4 Å². The molecule has 0 aromatic heterocycles. The van der Waals surface area contributed by atoms with Crippen LogP contribution in [0.5, 0.6) is 0 Å². The number of thiocarbonyl (C=S) groups is 1. The van der Waals surface area contributed by atoms with Gasteiger partial charge < -0.3 is 10.2 Å². The van der Waals surface area contributed by atoms with Gasteiger partial charge in [0.05, 0.1) is 6.67 Å². The Labute approximate surface area is 70.9 Å². The van der Waals surface area contributed by atoms with Gasteiger partial charge in [0.25, 0.3) is 0 Å². The largest absolute Gasteiger partial charge is 0.331 e. The van der Waals surface area contributed by atoms with E-state index in [1.165, 1.54) is 0 Å². The van der Waals surface area contributed by atoms with E-state index in [1.807, 2.05) is 4.90 Å². The fourth-order valence-corrected chi connectivity index (χ4v) is 1.16. The van der Waals surface area contributed by atoms with Crippen molar-refractivity contribution >= 4 is 23.4 Å². The van der Waals surface area contributed by atoms with Crippen LogP contribution in [-0.4, -0.2) is 29.3 Å². The molecule has 0 aromatic carbocycles. The first-order chi connectivity index (χ1) is 5.24. The Morgan fingerprint density at radius 1 is 1.73 bits per heavy atom. The summed E-state index contributed by atoms with van der Waals surface area (Å²) in [6.07, 6.45) is 1.03. The van der Waals surface area contributed by atoms with Crippen LogP contribution < -0.4 is 10.6 Å². The average molecular weight is 173 g/mol. The maximum atomic E-state index is 10.7. The molecule has 1 saturated heterocycles. The van der Waals surface area contributed by atoms with Crippen molar-refractivity contribution < 1.29 is 4.79 Å². The number of carbonyl (C=O) groups is 1. The van der Waals surface area contributed by atoms with Gasteiger partial charge in [-0.3, -0.25) is 5.32 Å². The molecule has 0 aromatic rings. The van der Waals surface area contributed by atoms with Crippen molar-refractivity contribution in [2.45, 2.75) is 13.3 Å². The lowest BCUT2D eigenvalue weighted by Crippen LogP contribution is -2.57. The smallest absolute Gasteiger partial charge is 0.322 e. The summed E-state index contributed by atoms with van der Waals surface area (Å²) in [4.78, 5) is 12.6. The molecule has 0 radical (unpaired) electrons. The molecule has 2 amide bonds. The highest BCUT2D eigenvalue weighted by molar-refractivity contribution is 7.80. The van der Waals surface area contributed by atoms with E-state index in [-0.39, 0.29) is 6.03 Å². The molecule has 1 rings (SSSR count). The first-order valence-electron chi connectivity index (χ1n) is 3.57. The Bertz CT molecular complexity index is 183. The second kappa shape index (κ2) is 3.52. The zero-order valence-electron chi connectivity index (χ0n) is 6.39. The van der Waals surface area contributed by atoms with E-state index in [0.29, 0.717) is 11.8 Å². The number of hydrogen-bond acceptors (Lipinski definition) is 2. The number of rotatable bonds is 2. The summed E-state index contributed by atoms with van der Waals surface area (Å²) >= 11 is 4.92. The average Bonchev–Trinajstić information content (AvgIpc) is 1.95. The molecule has 0 saturated carbocycles. The van der Waals surface area contributed by atoms with E-state index in [0.717, 1.165) is 13.0 Å². The van der Waals surface area contributed by atoms with Gasteiger partial charge in [0.15, 0.2) is 5.11 Å². The number of nitrogens with one attached hydrogen (secondary N) is 2. The molecular weight excluding hydrogens is 162 g/mol. The van der Waals surface area contributed by atoms with E-state index in [1.54, 1.807) is 0 Å². The maximum absolute atomic E-state index is 10.7. The third-order valence-corrected chi connectivity index (χ3v) is 1.79. The van der Waals surface area contributed by atoms with Crippen LogP contribution in [0.15, 0.2) is 0 Å². The molecule has 1 aliphatic rings. The van der Waals surface area contributed by atoms with Crippen molar-refractivity contribution in [3.05, 3.63) is 0 Å². The van der Waals surface area contributed by atoms with Gasteiger partial charge in [0, 0.05) is 6.54 Å². The molecule has 0 aliphatic carbocycles. The monoisotopic (exact) mass is 173 g/mol. The lowest BCUT2D eigenvalue weighted by atomic mass is 10.4. The minimum atomic E-state index is -0.206. The number of nitrogens with zero attached hydrogens (tertiary/aromatic N) is 1. The standard InChI is InChI=1S/C6H11N3OS/c1-2-3-9-4-7-5(10)8-6(9)11/h2-4H2,1H3,(H2,7,8,10,11). The Morgan fingerprint density at radius 3 is 3.00 bits per heavy atom. The summed E-state index contributed by atoms with van der Waals surface area (Å²) in [6.45, 7) is 3.48. The van der Waals surface area contributed by atoms with E-state index in [9.17, 15) is 4.79 Å². The van der Waals surface area contributed by atoms with E-state index >= 15 is 0 Å². The molecule has 4 nitrogen and oxygen atoms in total. The highest BCUT2D eigenvalue weighted by atomic mass is 32.1. The first kappa shape index (κ1) is 8.26. The molecule has 1 heterocycles. The lowest BCUT2D eigenvalue weighted by Gasteiger charge is -2.29. The summed E-state index contributed by atoms with van der Waals surface area (Å²) in [5.74, 6) is 0. The van der Waals surface area contributed by atoms with Crippen molar-refractivity contribution in [2.24, 2.45) is 0 Å². The van der Waals surface area contributed by atoms with Crippen LogP contribution >= 0.6 is 12.2 Å². The van der Waals surface area contributed by atoms with Crippen LogP contribution in [0.25, 0.3) is 0 Å².